The second-order valence-corrected chi connectivity index (χ2v) is 6.72. The SMILES string of the molecule is Cl.NCc1nc(C(=O)N(Cc2cccc(F)c2)CC2CCCO2)cs1. The van der Waals surface area contributed by atoms with Gasteiger partial charge in [0.2, 0.25) is 0 Å². The maximum atomic E-state index is 13.4. The van der Waals surface area contributed by atoms with Crippen LogP contribution in [-0.4, -0.2) is 35.0 Å². The van der Waals surface area contributed by atoms with Gasteiger partial charge in [0, 0.05) is 31.6 Å². The Morgan fingerprint density at radius 2 is 2.32 bits per heavy atom. The van der Waals surface area contributed by atoms with E-state index in [0.29, 0.717) is 25.3 Å². The van der Waals surface area contributed by atoms with Crippen LogP contribution in [0.3, 0.4) is 0 Å². The van der Waals surface area contributed by atoms with Crippen LogP contribution in [0.25, 0.3) is 0 Å². The molecule has 0 saturated carbocycles. The van der Waals surface area contributed by atoms with Crippen LogP contribution in [0.4, 0.5) is 4.39 Å². The van der Waals surface area contributed by atoms with E-state index in [-0.39, 0.29) is 30.2 Å². The Bertz CT molecular complexity index is 707. The lowest BCUT2D eigenvalue weighted by Gasteiger charge is -2.25. The van der Waals surface area contributed by atoms with Crippen molar-refractivity contribution in [3.63, 3.8) is 0 Å². The summed E-state index contributed by atoms with van der Waals surface area (Å²) in [5.74, 6) is -0.484. The molecule has 136 valence electrons. The highest BCUT2D eigenvalue weighted by Crippen LogP contribution is 2.19. The Hall–Kier alpha value is -1.54. The van der Waals surface area contributed by atoms with Crippen molar-refractivity contribution in [3.05, 3.63) is 51.7 Å². The number of rotatable bonds is 6. The molecule has 8 heteroatoms. The van der Waals surface area contributed by atoms with Crippen LogP contribution in [-0.2, 0) is 17.8 Å². The Labute approximate surface area is 156 Å². The summed E-state index contributed by atoms with van der Waals surface area (Å²) in [6.45, 7) is 1.84. The second-order valence-electron chi connectivity index (χ2n) is 5.78. The fourth-order valence-corrected chi connectivity index (χ4v) is 3.42. The Morgan fingerprint density at radius 1 is 1.48 bits per heavy atom. The number of halogens is 2. The molecular weight excluding hydrogens is 365 g/mol. The van der Waals surface area contributed by atoms with Gasteiger partial charge in [-0.1, -0.05) is 12.1 Å². The first-order valence-corrected chi connectivity index (χ1v) is 8.83. The molecule has 0 radical (unpaired) electrons. The number of benzene rings is 1. The number of aromatic nitrogens is 1. The number of nitrogens with zero attached hydrogens (tertiary/aromatic N) is 2. The van der Waals surface area contributed by atoms with Gasteiger partial charge in [-0.2, -0.15) is 0 Å². The molecule has 1 fully saturated rings. The van der Waals surface area contributed by atoms with E-state index in [1.165, 1.54) is 23.5 Å². The van der Waals surface area contributed by atoms with Gasteiger partial charge < -0.3 is 15.4 Å². The van der Waals surface area contributed by atoms with E-state index in [4.69, 9.17) is 10.5 Å². The topological polar surface area (TPSA) is 68.5 Å². The smallest absolute Gasteiger partial charge is 0.273 e. The van der Waals surface area contributed by atoms with Crippen molar-refractivity contribution in [2.75, 3.05) is 13.2 Å². The van der Waals surface area contributed by atoms with Crippen LogP contribution < -0.4 is 5.73 Å². The van der Waals surface area contributed by atoms with Gasteiger partial charge in [-0.05, 0) is 30.5 Å². The molecule has 1 aromatic carbocycles. The van der Waals surface area contributed by atoms with Gasteiger partial charge in [-0.15, -0.1) is 23.7 Å². The summed E-state index contributed by atoms with van der Waals surface area (Å²) in [4.78, 5) is 18.8. The summed E-state index contributed by atoms with van der Waals surface area (Å²) >= 11 is 1.37. The van der Waals surface area contributed by atoms with E-state index >= 15 is 0 Å². The molecule has 2 N–H and O–H groups in total. The second kappa shape index (κ2) is 9.24. The molecule has 2 heterocycles. The van der Waals surface area contributed by atoms with Gasteiger partial charge in [-0.3, -0.25) is 4.79 Å². The van der Waals surface area contributed by atoms with Crippen LogP contribution in [0.2, 0.25) is 0 Å². The van der Waals surface area contributed by atoms with Crippen molar-refractivity contribution >= 4 is 29.7 Å². The quantitative estimate of drug-likeness (QED) is 0.830. The zero-order chi connectivity index (χ0) is 16.9. The average molecular weight is 386 g/mol. The van der Waals surface area contributed by atoms with E-state index in [2.05, 4.69) is 4.98 Å². The predicted molar refractivity (Wildman–Crippen MR) is 97.4 cm³/mol. The lowest BCUT2D eigenvalue weighted by molar-refractivity contribution is 0.0503. The summed E-state index contributed by atoms with van der Waals surface area (Å²) in [7, 11) is 0. The standard InChI is InChI=1S/C17H20FN3O2S.ClH/c18-13-4-1-3-12(7-13)9-21(10-14-5-2-6-23-14)17(22)15-11-24-16(8-19)20-15;/h1,3-4,7,11,14H,2,5-6,8-10,19H2;1H. The molecule has 1 atom stereocenters. The van der Waals surface area contributed by atoms with E-state index in [1.54, 1.807) is 16.3 Å². The molecule has 3 rings (SSSR count). The minimum Gasteiger partial charge on any atom is -0.376 e. The minimum absolute atomic E-state index is 0. The molecule has 1 aliphatic heterocycles. The zero-order valence-electron chi connectivity index (χ0n) is 13.7. The van der Waals surface area contributed by atoms with Crippen molar-refractivity contribution in [1.29, 1.82) is 0 Å². The first-order chi connectivity index (χ1) is 11.7. The monoisotopic (exact) mass is 385 g/mol. The van der Waals surface area contributed by atoms with Crippen LogP contribution in [0.15, 0.2) is 29.6 Å². The fourth-order valence-electron chi connectivity index (χ4n) is 2.77. The van der Waals surface area contributed by atoms with Crippen molar-refractivity contribution in [2.24, 2.45) is 5.73 Å². The number of thiazole rings is 1. The Balaban J connectivity index is 0.00000225. The molecule has 0 spiro atoms. The van der Waals surface area contributed by atoms with E-state index in [0.717, 1.165) is 30.0 Å². The van der Waals surface area contributed by atoms with Gasteiger partial charge in [0.15, 0.2) is 0 Å². The first-order valence-electron chi connectivity index (χ1n) is 7.95. The van der Waals surface area contributed by atoms with E-state index < -0.39 is 0 Å². The lowest BCUT2D eigenvalue weighted by atomic mass is 10.1. The maximum absolute atomic E-state index is 13.4. The number of carbonyl (C=O) groups is 1. The van der Waals surface area contributed by atoms with Gasteiger partial charge in [-0.25, -0.2) is 9.37 Å². The van der Waals surface area contributed by atoms with E-state index in [1.807, 2.05) is 6.07 Å². The molecule has 1 amide bonds. The molecule has 1 saturated heterocycles. The third-order valence-corrected chi connectivity index (χ3v) is 4.81. The van der Waals surface area contributed by atoms with Gasteiger partial charge in [0.05, 0.1) is 6.10 Å². The molecule has 25 heavy (non-hydrogen) atoms. The van der Waals surface area contributed by atoms with Crippen molar-refractivity contribution in [3.8, 4) is 0 Å². The molecule has 1 aliphatic rings. The number of nitrogens with two attached hydrogens (primary N) is 1. The summed E-state index contributed by atoms with van der Waals surface area (Å²) < 4.78 is 19.1. The van der Waals surface area contributed by atoms with Crippen molar-refractivity contribution in [1.82, 2.24) is 9.88 Å². The van der Waals surface area contributed by atoms with Gasteiger partial charge >= 0.3 is 0 Å². The number of ether oxygens (including phenoxy) is 1. The number of hydrogen-bond acceptors (Lipinski definition) is 5. The number of hydrogen-bond donors (Lipinski definition) is 1. The summed E-state index contributed by atoms with van der Waals surface area (Å²) in [5.41, 5.74) is 6.70. The van der Waals surface area contributed by atoms with E-state index in [9.17, 15) is 9.18 Å². The summed E-state index contributed by atoms with van der Waals surface area (Å²) in [5, 5.41) is 2.44. The van der Waals surface area contributed by atoms with Crippen LogP contribution in [0.5, 0.6) is 0 Å². The highest BCUT2D eigenvalue weighted by atomic mass is 35.5. The zero-order valence-corrected chi connectivity index (χ0v) is 15.3. The minimum atomic E-state index is -0.309. The Kier molecular flexibility index (Phi) is 7.31. The highest BCUT2D eigenvalue weighted by molar-refractivity contribution is 7.09. The molecule has 0 aliphatic carbocycles. The summed E-state index contributed by atoms with van der Waals surface area (Å²) in [6.07, 6.45) is 1.95. The highest BCUT2D eigenvalue weighted by Gasteiger charge is 2.25. The molecule has 1 aromatic heterocycles. The number of amides is 1. The van der Waals surface area contributed by atoms with Crippen LogP contribution >= 0.6 is 23.7 Å². The third-order valence-electron chi connectivity index (χ3n) is 3.94. The van der Waals surface area contributed by atoms with Crippen molar-refractivity contribution in [2.45, 2.75) is 32.0 Å². The predicted octanol–water partition coefficient (Wildman–Crippen LogP) is 2.98. The summed E-state index contributed by atoms with van der Waals surface area (Å²) in [6, 6.07) is 6.30. The lowest BCUT2D eigenvalue weighted by Crippen LogP contribution is -2.37. The molecule has 5 nitrogen and oxygen atoms in total. The molecule has 2 aromatic rings. The largest absolute Gasteiger partial charge is 0.376 e. The molecule has 1 unspecified atom stereocenters. The van der Waals surface area contributed by atoms with Crippen LogP contribution in [0, 0.1) is 5.82 Å². The molecule has 0 bridgehead atoms. The Morgan fingerprint density at radius 3 is 2.96 bits per heavy atom. The van der Waals surface area contributed by atoms with Gasteiger partial charge in [0.25, 0.3) is 5.91 Å². The number of carbonyl (C=O) groups excluding carboxylic acids is 1. The van der Waals surface area contributed by atoms with Crippen LogP contribution in [0.1, 0.15) is 33.9 Å². The van der Waals surface area contributed by atoms with Gasteiger partial charge in [0.1, 0.15) is 16.5 Å². The maximum Gasteiger partial charge on any atom is 0.273 e. The fraction of sp³-hybridized carbons (Fsp3) is 0.412. The first kappa shape index (κ1) is 19.8. The third kappa shape index (κ3) is 5.22. The molecular formula is C17H21ClFN3O2S. The van der Waals surface area contributed by atoms with Crippen molar-refractivity contribution < 1.29 is 13.9 Å². The normalized spacial score (nSPS) is 16.5. The average Bonchev–Trinajstić information content (AvgIpc) is 3.25.